The van der Waals surface area contributed by atoms with Crippen LogP contribution in [0.3, 0.4) is 0 Å². The number of primary amides is 1. The van der Waals surface area contributed by atoms with E-state index in [0.29, 0.717) is 0 Å². The Labute approximate surface area is 105 Å². The van der Waals surface area contributed by atoms with E-state index in [-0.39, 0.29) is 23.9 Å². The first-order valence-corrected chi connectivity index (χ1v) is 4.68. The van der Waals surface area contributed by atoms with Crippen molar-refractivity contribution in [2.75, 3.05) is 5.73 Å². The normalized spacial score (nSPS) is 10.2. The quantitative estimate of drug-likeness (QED) is 0.713. The number of halogens is 1. The summed E-state index contributed by atoms with van der Waals surface area (Å²) < 4.78 is 0. The molecule has 0 aliphatic carbocycles. The van der Waals surface area contributed by atoms with Crippen LogP contribution in [0.4, 0.5) is 5.82 Å². The van der Waals surface area contributed by atoms with Crippen LogP contribution in [0.25, 0.3) is 0 Å². The number of anilines is 1. The molecule has 94 valence electrons. The van der Waals surface area contributed by atoms with Crippen LogP contribution in [0.15, 0.2) is 18.2 Å². The van der Waals surface area contributed by atoms with Crippen molar-refractivity contribution in [1.29, 1.82) is 0 Å². The molecule has 6 nitrogen and oxygen atoms in total. The van der Waals surface area contributed by atoms with Crippen LogP contribution in [0, 0.1) is 0 Å². The van der Waals surface area contributed by atoms with E-state index >= 15 is 0 Å². The third kappa shape index (κ3) is 3.92. The molecule has 0 spiro atoms. The summed E-state index contributed by atoms with van der Waals surface area (Å²) in [5, 5.41) is 2.47. The van der Waals surface area contributed by atoms with Gasteiger partial charge in [-0.2, -0.15) is 0 Å². The Balaban J connectivity index is 0.00000256. The first kappa shape index (κ1) is 15.2. The van der Waals surface area contributed by atoms with Gasteiger partial charge in [-0.05, 0) is 26.0 Å². The fraction of sp³-hybridized carbons (Fsp3) is 0.300. The monoisotopic (exact) mass is 258 g/mol. The van der Waals surface area contributed by atoms with Crippen molar-refractivity contribution < 1.29 is 9.59 Å². The fourth-order valence-corrected chi connectivity index (χ4v) is 0.987. The Morgan fingerprint density at radius 3 is 2.41 bits per heavy atom. The third-order valence-electron chi connectivity index (χ3n) is 2.05. The molecule has 5 N–H and O–H groups in total. The average Bonchev–Trinajstić information content (AvgIpc) is 2.16. The summed E-state index contributed by atoms with van der Waals surface area (Å²) in [7, 11) is 0. The summed E-state index contributed by atoms with van der Waals surface area (Å²) in [5.41, 5.74) is 9.59. The maximum absolute atomic E-state index is 11.7. The molecular weight excluding hydrogens is 244 g/mol. The van der Waals surface area contributed by atoms with Gasteiger partial charge in [0, 0.05) is 0 Å². The summed E-state index contributed by atoms with van der Waals surface area (Å²) in [6, 6.07) is 4.67. The zero-order valence-corrected chi connectivity index (χ0v) is 10.4. The van der Waals surface area contributed by atoms with Gasteiger partial charge in [-0.3, -0.25) is 9.59 Å². The summed E-state index contributed by atoms with van der Waals surface area (Å²) in [6.07, 6.45) is 0. The van der Waals surface area contributed by atoms with Crippen LogP contribution < -0.4 is 16.8 Å². The van der Waals surface area contributed by atoms with Crippen LogP contribution in [-0.2, 0) is 4.79 Å². The summed E-state index contributed by atoms with van der Waals surface area (Å²) in [5.74, 6) is -0.870. The predicted molar refractivity (Wildman–Crippen MR) is 66.6 cm³/mol. The Hall–Kier alpha value is -1.82. The van der Waals surface area contributed by atoms with Crippen molar-refractivity contribution in [3.63, 3.8) is 0 Å². The zero-order valence-electron chi connectivity index (χ0n) is 9.56. The molecule has 2 amide bonds. The average molecular weight is 259 g/mol. The molecule has 1 aromatic heterocycles. The van der Waals surface area contributed by atoms with Gasteiger partial charge in [0.1, 0.15) is 17.1 Å². The second-order valence-electron chi connectivity index (χ2n) is 3.89. The Morgan fingerprint density at radius 2 is 1.94 bits per heavy atom. The second-order valence-corrected chi connectivity index (χ2v) is 3.89. The minimum absolute atomic E-state index is 0. The molecule has 1 rings (SSSR count). The van der Waals surface area contributed by atoms with E-state index in [1.165, 1.54) is 19.9 Å². The van der Waals surface area contributed by atoms with Crippen LogP contribution in [0.5, 0.6) is 0 Å². The van der Waals surface area contributed by atoms with Gasteiger partial charge >= 0.3 is 0 Å². The van der Waals surface area contributed by atoms with Gasteiger partial charge < -0.3 is 16.8 Å². The van der Waals surface area contributed by atoms with Gasteiger partial charge in [-0.1, -0.05) is 6.07 Å². The minimum Gasteiger partial charge on any atom is -0.384 e. The number of hydrogen-bond acceptors (Lipinski definition) is 4. The van der Waals surface area contributed by atoms with E-state index in [0.717, 1.165) is 0 Å². The molecule has 0 aliphatic rings. The molecular formula is C10H15ClN4O2. The van der Waals surface area contributed by atoms with Gasteiger partial charge in [-0.15, -0.1) is 12.4 Å². The highest BCUT2D eigenvalue weighted by Crippen LogP contribution is 2.05. The number of nitrogens with two attached hydrogens (primary N) is 2. The zero-order chi connectivity index (χ0) is 12.3. The van der Waals surface area contributed by atoms with Crippen molar-refractivity contribution >= 4 is 30.0 Å². The molecule has 0 aliphatic heterocycles. The molecule has 0 bridgehead atoms. The Bertz CT molecular complexity index is 434. The lowest BCUT2D eigenvalue weighted by atomic mass is 10.1. The maximum atomic E-state index is 11.7. The number of carbonyl (C=O) groups excluding carboxylic acids is 2. The van der Waals surface area contributed by atoms with Crippen molar-refractivity contribution in [1.82, 2.24) is 10.3 Å². The lowest BCUT2D eigenvalue weighted by molar-refractivity contribution is -0.122. The number of nitrogen functional groups attached to an aromatic ring is 1. The van der Waals surface area contributed by atoms with E-state index in [2.05, 4.69) is 10.3 Å². The Morgan fingerprint density at radius 1 is 1.35 bits per heavy atom. The van der Waals surface area contributed by atoms with Gasteiger partial charge in [-0.25, -0.2) is 4.98 Å². The largest absolute Gasteiger partial charge is 0.384 e. The van der Waals surface area contributed by atoms with E-state index in [4.69, 9.17) is 11.5 Å². The fourth-order valence-electron chi connectivity index (χ4n) is 0.987. The highest BCUT2D eigenvalue weighted by molar-refractivity contribution is 5.97. The number of nitrogens with one attached hydrogen (secondary N) is 1. The highest BCUT2D eigenvalue weighted by atomic mass is 35.5. The number of carbonyl (C=O) groups is 2. The van der Waals surface area contributed by atoms with Gasteiger partial charge in [0.05, 0.1) is 0 Å². The first-order chi connectivity index (χ1) is 7.33. The second kappa shape index (κ2) is 5.49. The van der Waals surface area contributed by atoms with E-state index < -0.39 is 17.4 Å². The number of hydrogen-bond donors (Lipinski definition) is 3. The summed E-state index contributed by atoms with van der Waals surface area (Å²) >= 11 is 0. The highest BCUT2D eigenvalue weighted by Gasteiger charge is 2.27. The molecule has 0 atom stereocenters. The number of nitrogens with zero attached hydrogens (tertiary/aromatic N) is 1. The molecule has 0 unspecified atom stereocenters. The standard InChI is InChI=1S/C10H14N4O2.ClH/c1-10(2,9(12)16)14-8(15)6-4-3-5-7(11)13-6;/h3-5H,1-2H3,(H2,11,13)(H2,12,16)(H,14,15);1H. The number of rotatable bonds is 3. The maximum Gasteiger partial charge on any atom is 0.270 e. The van der Waals surface area contributed by atoms with Gasteiger partial charge in [0.2, 0.25) is 5.91 Å². The van der Waals surface area contributed by atoms with Crippen LogP contribution in [0.1, 0.15) is 24.3 Å². The smallest absolute Gasteiger partial charge is 0.270 e. The van der Waals surface area contributed by atoms with Crippen LogP contribution in [0.2, 0.25) is 0 Å². The lowest BCUT2D eigenvalue weighted by Crippen LogP contribution is -2.53. The van der Waals surface area contributed by atoms with Crippen molar-refractivity contribution in [2.45, 2.75) is 19.4 Å². The molecule has 7 heteroatoms. The molecule has 0 radical (unpaired) electrons. The van der Waals surface area contributed by atoms with Crippen molar-refractivity contribution in [2.24, 2.45) is 5.73 Å². The number of aromatic nitrogens is 1. The summed E-state index contributed by atoms with van der Waals surface area (Å²) in [4.78, 5) is 26.5. The van der Waals surface area contributed by atoms with Crippen LogP contribution >= 0.6 is 12.4 Å². The molecule has 0 aromatic carbocycles. The molecule has 0 fully saturated rings. The minimum atomic E-state index is -1.12. The van der Waals surface area contributed by atoms with E-state index in [1.54, 1.807) is 12.1 Å². The first-order valence-electron chi connectivity index (χ1n) is 4.68. The van der Waals surface area contributed by atoms with E-state index in [9.17, 15) is 9.59 Å². The third-order valence-corrected chi connectivity index (χ3v) is 2.05. The number of pyridine rings is 1. The molecule has 1 heterocycles. The van der Waals surface area contributed by atoms with Crippen molar-refractivity contribution in [3.8, 4) is 0 Å². The molecule has 0 saturated heterocycles. The molecule has 0 saturated carbocycles. The number of amides is 2. The van der Waals surface area contributed by atoms with Gasteiger partial charge in [0.25, 0.3) is 5.91 Å². The van der Waals surface area contributed by atoms with E-state index in [1.807, 2.05) is 0 Å². The lowest BCUT2D eigenvalue weighted by Gasteiger charge is -2.21. The molecule has 1 aromatic rings. The van der Waals surface area contributed by atoms with Crippen molar-refractivity contribution in [3.05, 3.63) is 23.9 Å². The van der Waals surface area contributed by atoms with Gasteiger partial charge in [0.15, 0.2) is 0 Å². The Kier molecular flexibility index (Phi) is 4.90. The predicted octanol–water partition coefficient (Wildman–Crippen LogP) is 0.0793. The molecule has 17 heavy (non-hydrogen) atoms. The SMILES string of the molecule is CC(C)(NC(=O)c1cccc(N)n1)C(N)=O.Cl. The summed E-state index contributed by atoms with van der Waals surface area (Å²) in [6.45, 7) is 3.03. The van der Waals surface area contributed by atoms with Crippen LogP contribution in [-0.4, -0.2) is 22.3 Å². The topological polar surface area (TPSA) is 111 Å².